The largest absolute Gasteiger partial charge is 0.295 e. The lowest BCUT2D eigenvalue weighted by Gasteiger charge is -2.24. The van der Waals surface area contributed by atoms with Crippen LogP contribution in [0.25, 0.3) is 0 Å². The van der Waals surface area contributed by atoms with E-state index in [-0.39, 0.29) is 6.04 Å². The second-order valence-electron chi connectivity index (χ2n) is 4.51. The van der Waals surface area contributed by atoms with Gasteiger partial charge in [0.1, 0.15) is 6.04 Å². The zero-order chi connectivity index (χ0) is 11.4. The van der Waals surface area contributed by atoms with Crippen molar-refractivity contribution in [2.24, 2.45) is 0 Å². The molecule has 0 aromatic carbocycles. The summed E-state index contributed by atoms with van der Waals surface area (Å²) < 4.78 is 0. The first kappa shape index (κ1) is 11.6. The fourth-order valence-corrected chi connectivity index (χ4v) is 3.18. The summed E-state index contributed by atoms with van der Waals surface area (Å²) in [5.41, 5.74) is 0. The van der Waals surface area contributed by atoms with Gasteiger partial charge < -0.3 is 0 Å². The van der Waals surface area contributed by atoms with Gasteiger partial charge in [-0.2, -0.15) is 5.26 Å². The molecule has 1 fully saturated rings. The summed E-state index contributed by atoms with van der Waals surface area (Å²) >= 11 is 1.72. The molecule has 3 heteroatoms. The first-order chi connectivity index (χ1) is 7.79. The zero-order valence-corrected chi connectivity index (χ0v) is 10.5. The van der Waals surface area contributed by atoms with Gasteiger partial charge in [0.25, 0.3) is 0 Å². The van der Waals surface area contributed by atoms with Gasteiger partial charge in [-0.25, -0.2) is 0 Å². The summed E-state index contributed by atoms with van der Waals surface area (Å²) in [4.78, 5) is 2.44. The molecule has 1 saturated carbocycles. The minimum Gasteiger partial charge on any atom is -0.295 e. The SMILES string of the molecule is Cc1ccc(C(C#N)NC2CCCCC2)s1. The summed E-state index contributed by atoms with van der Waals surface area (Å²) in [7, 11) is 0. The Kier molecular flexibility index (Phi) is 3.98. The molecule has 0 aliphatic heterocycles. The lowest BCUT2D eigenvalue weighted by atomic mass is 9.95. The molecule has 0 amide bonds. The van der Waals surface area contributed by atoms with Crippen LogP contribution >= 0.6 is 11.3 Å². The highest BCUT2D eigenvalue weighted by atomic mass is 32.1. The monoisotopic (exact) mass is 234 g/mol. The van der Waals surface area contributed by atoms with Crippen LogP contribution in [0.15, 0.2) is 12.1 Å². The number of nitrogens with zero attached hydrogens (tertiary/aromatic N) is 1. The number of hydrogen-bond acceptors (Lipinski definition) is 3. The van der Waals surface area contributed by atoms with Crippen molar-refractivity contribution in [1.29, 1.82) is 5.26 Å². The molecule has 1 unspecified atom stereocenters. The average molecular weight is 234 g/mol. The molecule has 2 nitrogen and oxygen atoms in total. The lowest BCUT2D eigenvalue weighted by Crippen LogP contribution is -2.33. The van der Waals surface area contributed by atoms with E-state index in [2.05, 4.69) is 30.4 Å². The minimum atomic E-state index is -0.109. The van der Waals surface area contributed by atoms with E-state index in [1.807, 2.05) is 0 Å². The van der Waals surface area contributed by atoms with E-state index in [9.17, 15) is 5.26 Å². The number of nitrogens with one attached hydrogen (secondary N) is 1. The minimum absolute atomic E-state index is 0.109. The van der Waals surface area contributed by atoms with Crippen LogP contribution in [0.5, 0.6) is 0 Å². The Bertz CT molecular complexity index is 372. The van der Waals surface area contributed by atoms with Gasteiger partial charge in [0.05, 0.1) is 6.07 Å². The Labute approximate surface area is 101 Å². The standard InChI is InChI=1S/C13H18N2S/c1-10-7-8-13(16-10)12(9-14)15-11-5-3-2-4-6-11/h7-8,11-12,15H,2-6H2,1H3. The third kappa shape index (κ3) is 2.84. The van der Waals surface area contributed by atoms with Gasteiger partial charge in [0.2, 0.25) is 0 Å². The van der Waals surface area contributed by atoms with E-state index < -0.39 is 0 Å². The second-order valence-corrected chi connectivity index (χ2v) is 5.83. The van der Waals surface area contributed by atoms with Gasteiger partial charge in [0.15, 0.2) is 0 Å². The molecule has 1 heterocycles. The maximum absolute atomic E-state index is 9.21. The molecule has 1 atom stereocenters. The van der Waals surface area contributed by atoms with Crippen molar-refractivity contribution in [2.45, 2.75) is 51.1 Å². The highest BCUT2D eigenvalue weighted by Gasteiger charge is 2.19. The van der Waals surface area contributed by atoms with E-state index in [0.29, 0.717) is 6.04 Å². The quantitative estimate of drug-likeness (QED) is 0.868. The van der Waals surface area contributed by atoms with Crippen LogP contribution in [0.3, 0.4) is 0 Å². The van der Waals surface area contributed by atoms with Crippen molar-refractivity contribution in [3.05, 3.63) is 21.9 Å². The molecular weight excluding hydrogens is 216 g/mol. The Hall–Kier alpha value is -0.850. The Morgan fingerprint density at radius 3 is 2.69 bits per heavy atom. The van der Waals surface area contributed by atoms with Gasteiger partial charge in [-0.15, -0.1) is 11.3 Å². The van der Waals surface area contributed by atoms with Crippen molar-refractivity contribution in [3.63, 3.8) is 0 Å². The fraction of sp³-hybridized carbons (Fsp3) is 0.615. The van der Waals surface area contributed by atoms with Crippen molar-refractivity contribution >= 4 is 11.3 Å². The van der Waals surface area contributed by atoms with Crippen LogP contribution in [0.2, 0.25) is 0 Å². The van der Waals surface area contributed by atoms with Crippen molar-refractivity contribution in [3.8, 4) is 6.07 Å². The summed E-state index contributed by atoms with van der Waals surface area (Å²) in [5.74, 6) is 0. The van der Waals surface area contributed by atoms with E-state index in [1.54, 1.807) is 11.3 Å². The van der Waals surface area contributed by atoms with Crippen LogP contribution in [-0.2, 0) is 0 Å². The van der Waals surface area contributed by atoms with Gasteiger partial charge >= 0.3 is 0 Å². The normalized spacial score (nSPS) is 19.2. The van der Waals surface area contributed by atoms with E-state index in [4.69, 9.17) is 0 Å². The first-order valence-corrected chi connectivity index (χ1v) is 6.83. The van der Waals surface area contributed by atoms with Crippen molar-refractivity contribution < 1.29 is 0 Å². The molecule has 1 N–H and O–H groups in total. The van der Waals surface area contributed by atoms with Gasteiger partial charge in [-0.05, 0) is 31.9 Å². The van der Waals surface area contributed by atoms with Gasteiger partial charge in [-0.3, -0.25) is 5.32 Å². The van der Waals surface area contributed by atoms with Gasteiger partial charge in [-0.1, -0.05) is 19.3 Å². The third-order valence-corrected chi connectivity index (χ3v) is 4.25. The van der Waals surface area contributed by atoms with Crippen molar-refractivity contribution in [1.82, 2.24) is 5.32 Å². The number of hydrogen-bond donors (Lipinski definition) is 1. The average Bonchev–Trinajstić information content (AvgIpc) is 2.74. The fourth-order valence-electron chi connectivity index (χ4n) is 2.30. The molecule has 1 aromatic rings. The van der Waals surface area contributed by atoms with E-state index in [0.717, 1.165) is 4.88 Å². The van der Waals surface area contributed by atoms with Crippen LogP contribution in [0.1, 0.15) is 47.9 Å². The van der Waals surface area contributed by atoms with Crippen LogP contribution in [-0.4, -0.2) is 6.04 Å². The lowest BCUT2D eigenvalue weighted by molar-refractivity contribution is 0.361. The predicted molar refractivity (Wildman–Crippen MR) is 67.4 cm³/mol. The van der Waals surface area contributed by atoms with Crippen molar-refractivity contribution in [2.75, 3.05) is 0 Å². The highest BCUT2D eigenvalue weighted by molar-refractivity contribution is 7.12. The molecule has 86 valence electrons. The van der Waals surface area contributed by atoms with Crippen LogP contribution < -0.4 is 5.32 Å². The zero-order valence-electron chi connectivity index (χ0n) is 9.70. The molecule has 2 rings (SSSR count). The summed E-state index contributed by atoms with van der Waals surface area (Å²) in [6, 6.07) is 6.97. The van der Waals surface area contributed by atoms with Gasteiger partial charge in [0, 0.05) is 15.8 Å². The predicted octanol–water partition coefficient (Wildman–Crippen LogP) is 3.54. The molecule has 0 spiro atoms. The van der Waals surface area contributed by atoms with E-state index >= 15 is 0 Å². The number of thiophene rings is 1. The third-order valence-electron chi connectivity index (χ3n) is 3.18. The maximum atomic E-state index is 9.21. The molecule has 0 radical (unpaired) electrons. The Balaban J connectivity index is 1.98. The Morgan fingerprint density at radius 2 is 2.12 bits per heavy atom. The molecule has 0 bridgehead atoms. The summed E-state index contributed by atoms with van der Waals surface area (Å²) in [5, 5.41) is 12.7. The molecule has 16 heavy (non-hydrogen) atoms. The van der Waals surface area contributed by atoms with Crippen LogP contribution in [0.4, 0.5) is 0 Å². The number of nitriles is 1. The molecular formula is C13H18N2S. The molecule has 1 aromatic heterocycles. The number of aryl methyl sites for hydroxylation is 1. The number of rotatable bonds is 3. The smallest absolute Gasteiger partial charge is 0.130 e. The molecule has 0 saturated heterocycles. The summed E-state index contributed by atoms with van der Waals surface area (Å²) in [6.07, 6.45) is 6.41. The Morgan fingerprint density at radius 1 is 1.38 bits per heavy atom. The highest BCUT2D eigenvalue weighted by Crippen LogP contribution is 2.25. The summed E-state index contributed by atoms with van der Waals surface area (Å²) in [6.45, 7) is 2.09. The first-order valence-electron chi connectivity index (χ1n) is 6.01. The van der Waals surface area contributed by atoms with E-state index in [1.165, 1.54) is 37.0 Å². The molecule has 1 aliphatic carbocycles. The topological polar surface area (TPSA) is 35.8 Å². The molecule has 1 aliphatic rings. The second kappa shape index (κ2) is 5.47. The maximum Gasteiger partial charge on any atom is 0.130 e. The van der Waals surface area contributed by atoms with Crippen LogP contribution in [0, 0.1) is 18.3 Å².